The lowest BCUT2D eigenvalue weighted by Crippen LogP contribution is -2.36. The molecule has 124 valence electrons. The minimum atomic E-state index is -3.60. The Kier molecular flexibility index (Phi) is 4.89. The third-order valence-electron chi connectivity index (χ3n) is 3.63. The van der Waals surface area contributed by atoms with E-state index in [1.54, 1.807) is 23.0 Å². The number of amides is 1. The topological polar surface area (TPSA) is 68.2 Å². The molecule has 2 aromatic rings. The van der Waals surface area contributed by atoms with Crippen molar-refractivity contribution in [3.05, 3.63) is 48.5 Å². The highest BCUT2D eigenvalue weighted by molar-refractivity contribution is 7.93. The fraction of sp³-hybridized carbons (Fsp3) is 0.312. The molecule has 1 amide bonds. The molecule has 0 aliphatic carbocycles. The van der Waals surface area contributed by atoms with E-state index in [0.29, 0.717) is 5.69 Å². The molecule has 0 aliphatic heterocycles. The highest BCUT2D eigenvalue weighted by atomic mass is 32.2. The van der Waals surface area contributed by atoms with Gasteiger partial charge in [-0.15, -0.1) is 0 Å². The summed E-state index contributed by atoms with van der Waals surface area (Å²) in [5, 5.41) is 0.433. The van der Waals surface area contributed by atoms with Gasteiger partial charge >= 0.3 is 0 Å². The van der Waals surface area contributed by atoms with Gasteiger partial charge in [0.2, 0.25) is 5.91 Å². The summed E-state index contributed by atoms with van der Waals surface area (Å²) in [6.07, 6.45) is 3.56. The molecule has 0 saturated heterocycles. The first-order valence-corrected chi connectivity index (χ1v) is 8.81. The lowest BCUT2D eigenvalue weighted by atomic mass is 10.2. The average molecular weight is 338 g/mol. The minimum absolute atomic E-state index is 0.0491. The van der Waals surface area contributed by atoms with Gasteiger partial charge in [-0.3, -0.25) is 4.79 Å². The Morgan fingerprint density at radius 1 is 1.17 bits per heavy atom. The first kappa shape index (κ1) is 17.2. The van der Waals surface area contributed by atoms with Crippen LogP contribution in [-0.4, -0.2) is 29.4 Å². The molecule has 0 aliphatic rings. The standard InChI is InChI=1S/C16H19FN2O3S/c1-11(2)23(21,22)12(3)16(20)18-15-10-13(6-7-14(15)17)19-8-4-5-9-19/h4-12H,1-3H3,(H,18,20). The summed E-state index contributed by atoms with van der Waals surface area (Å²) in [6.45, 7) is 4.32. The van der Waals surface area contributed by atoms with E-state index in [1.165, 1.54) is 32.9 Å². The maximum atomic E-state index is 13.9. The van der Waals surface area contributed by atoms with Crippen LogP contribution < -0.4 is 5.32 Å². The van der Waals surface area contributed by atoms with Gasteiger partial charge in [0.25, 0.3) is 0 Å². The van der Waals surface area contributed by atoms with E-state index in [9.17, 15) is 17.6 Å². The Bertz CT molecular complexity index is 799. The molecule has 0 fully saturated rings. The maximum Gasteiger partial charge on any atom is 0.242 e. The van der Waals surface area contributed by atoms with Gasteiger partial charge in [0.15, 0.2) is 9.84 Å². The number of sulfone groups is 1. The molecular formula is C16H19FN2O3S. The van der Waals surface area contributed by atoms with Crippen molar-refractivity contribution in [1.29, 1.82) is 0 Å². The third kappa shape index (κ3) is 3.61. The van der Waals surface area contributed by atoms with Gasteiger partial charge in [0.05, 0.1) is 10.9 Å². The van der Waals surface area contributed by atoms with Crippen LogP contribution in [0.25, 0.3) is 5.69 Å². The number of hydrogen-bond acceptors (Lipinski definition) is 3. The summed E-state index contributed by atoms with van der Waals surface area (Å²) in [7, 11) is -3.60. The normalized spacial score (nSPS) is 13.1. The van der Waals surface area contributed by atoms with Crippen molar-refractivity contribution in [3.8, 4) is 5.69 Å². The number of nitrogens with zero attached hydrogens (tertiary/aromatic N) is 1. The summed E-state index contributed by atoms with van der Waals surface area (Å²) >= 11 is 0. The maximum absolute atomic E-state index is 13.9. The second-order valence-corrected chi connectivity index (χ2v) is 8.35. The summed E-state index contributed by atoms with van der Waals surface area (Å²) in [6, 6.07) is 7.89. The van der Waals surface area contributed by atoms with E-state index in [4.69, 9.17) is 0 Å². The highest BCUT2D eigenvalue weighted by Gasteiger charge is 2.31. The van der Waals surface area contributed by atoms with Crippen molar-refractivity contribution < 1.29 is 17.6 Å². The van der Waals surface area contributed by atoms with E-state index in [0.717, 1.165) is 0 Å². The van der Waals surface area contributed by atoms with Gasteiger partial charge in [-0.2, -0.15) is 0 Å². The number of halogens is 1. The number of rotatable bonds is 5. The molecule has 1 heterocycles. The quantitative estimate of drug-likeness (QED) is 0.911. The lowest BCUT2D eigenvalue weighted by molar-refractivity contribution is -0.115. The predicted molar refractivity (Wildman–Crippen MR) is 87.9 cm³/mol. The van der Waals surface area contributed by atoms with E-state index in [1.807, 2.05) is 12.1 Å². The van der Waals surface area contributed by atoms with Crippen molar-refractivity contribution in [2.24, 2.45) is 0 Å². The second kappa shape index (κ2) is 6.54. The Labute approximate surface area is 135 Å². The van der Waals surface area contributed by atoms with Crippen molar-refractivity contribution in [3.63, 3.8) is 0 Å². The Balaban J connectivity index is 2.26. The molecule has 0 radical (unpaired) electrons. The molecule has 1 aromatic heterocycles. The van der Waals surface area contributed by atoms with Gasteiger partial charge in [-0.05, 0) is 51.1 Å². The molecule has 7 heteroatoms. The van der Waals surface area contributed by atoms with E-state index >= 15 is 0 Å². The Morgan fingerprint density at radius 2 is 1.78 bits per heavy atom. The molecule has 0 bridgehead atoms. The molecular weight excluding hydrogens is 319 g/mol. The van der Waals surface area contributed by atoms with Crippen LogP contribution in [0, 0.1) is 5.82 Å². The molecule has 1 N–H and O–H groups in total. The molecule has 1 aromatic carbocycles. The van der Waals surface area contributed by atoms with Crippen molar-refractivity contribution in [1.82, 2.24) is 4.57 Å². The molecule has 2 rings (SSSR count). The van der Waals surface area contributed by atoms with Crippen molar-refractivity contribution in [2.45, 2.75) is 31.3 Å². The van der Waals surface area contributed by atoms with Crippen LogP contribution in [0.15, 0.2) is 42.7 Å². The van der Waals surface area contributed by atoms with Crippen LogP contribution in [0.1, 0.15) is 20.8 Å². The number of carbonyl (C=O) groups excluding carboxylic acids is 1. The number of carbonyl (C=O) groups is 1. The fourth-order valence-corrected chi connectivity index (χ4v) is 3.24. The third-order valence-corrected chi connectivity index (χ3v) is 6.14. The zero-order chi connectivity index (χ0) is 17.2. The van der Waals surface area contributed by atoms with Gasteiger partial charge in [0.1, 0.15) is 11.1 Å². The van der Waals surface area contributed by atoms with Crippen molar-refractivity contribution >= 4 is 21.4 Å². The summed E-state index contributed by atoms with van der Waals surface area (Å²) in [5.41, 5.74) is 0.609. The lowest BCUT2D eigenvalue weighted by Gasteiger charge is -2.16. The molecule has 5 nitrogen and oxygen atoms in total. The second-order valence-electron chi connectivity index (χ2n) is 5.52. The zero-order valence-electron chi connectivity index (χ0n) is 13.2. The number of aromatic nitrogens is 1. The van der Waals surface area contributed by atoms with E-state index in [-0.39, 0.29) is 5.69 Å². The van der Waals surface area contributed by atoms with Crippen LogP contribution in [0.5, 0.6) is 0 Å². The smallest absolute Gasteiger partial charge is 0.242 e. The largest absolute Gasteiger partial charge is 0.324 e. The van der Waals surface area contributed by atoms with Gasteiger partial charge < -0.3 is 9.88 Å². The van der Waals surface area contributed by atoms with Gasteiger partial charge in [0, 0.05) is 18.1 Å². The SMILES string of the molecule is CC(C)S(=O)(=O)C(C)C(=O)Nc1cc(-n2cccc2)ccc1F. The highest BCUT2D eigenvalue weighted by Crippen LogP contribution is 2.20. The molecule has 0 spiro atoms. The van der Waals surface area contributed by atoms with Crippen LogP contribution in [0.2, 0.25) is 0 Å². The number of benzene rings is 1. The average Bonchev–Trinajstić information content (AvgIpc) is 3.02. The Morgan fingerprint density at radius 3 is 2.35 bits per heavy atom. The molecule has 23 heavy (non-hydrogen) atoms. The molecule has 1 atom stereocenters. The number of nitrogens with one attached hydrogen (secondary N) is 1. The van der Waals surface area contributed by atoms with Gasteiger partial charge in [-0.25, -0.2) is 12.8 Å². The fourth-order valence-electron chi connectivity index (χ4n) is 2.07. The predicted octanol–water partition coefficient (Wildman–Crippen LogP) is 2.77. The van der Waals surface area contributed by atoms with E-state index in [2.05, 4.69) is 5.32 Å². The summed E-state index contributed by atoms with van der Waals surface area (Å²) in [4.78, 5) is 12.1. The summed E-state index contributed by atoms with van der Waals surface area (Å²) in [5.74, 6) is -1.37. The Hall–Kier alpha value is -2.15. The number of anilines is 1. The van der Waals surface area contributed by atoms with Crippen LogP contribution in [0.3, 0.4) is 0 Å². The van der Waals surface area contributed by atoms with Gasteiger partial charge in [-0.1, -0.05) is 0 Å². The first-order chi connectivity index (χ1) is 10.7. The van der Waals surface area contributed by atoms with Crippen LogP contribution in [0.4, 0.5) is 10.1 Å². The van der Waals surface area contributed by atoms with Crippen LogP contribution >= 0.6 is 0 Å². The monoisotopic (exact) mass is 338 g/mol. The molecule has 0 saturated carbocycles. The first-order valence-electron chi connectivity index (χ1n) is 7.20. The summed E-state index contributed by atoms with van der Waals surface area (Å²) < 4.78 is 39.8. The number of hydrogen-bond donors (Lipinski definition) is 1. The zero-order valence-corrected chi connectivity index (χ0v) is 14.0. The molecule has 1 unspecified atom stereocenters. The van der Waals surface area contributed by atoms with Crippen molar-refractivity contribution in [2.75, 3.05) is 5.32 Å². The van der Waals surface area contributed by atoms with E-state index < -0.39 is 32.1 Å². The van der Waals surface area contributed by atoms with Crippen LogP contribution in [-0.2, 0) is 14.6 Å². The minimum Gasteiger partial charge on any atom is -0.324 e.